The van der Waals surface area contributed by atoms with E-state index in [1.165, 1.54) is 19.3 Å². The van der Waals surface area contributed by atoms with Crippen molar-refractivity contribution in [1.29, 1.82) is 0 Å². The maximum atomic E-state index is 5.61. The first-order valence-electron chi connectivity index (χ1n) is 3.13. The fraction of sp³-hybridized carbons (Fsp3) is 1.00. The van der Waals surface area contributed by atoms with Crippen molar-refractivity contribution in [1.82, 2.24) is 0 Å². The van der Waals surface area contributed by atoms with Crippen LogP contribution in [0.1, 0.15) is 19.3 Å². The molecule has 0 amide bonds. The molecule has 2 aliphatic carbocycles. The highest BCUT2D eigenvalue weighted by Gasteiger charge is 2.44. The van der Waals surface area contributed by atoms with Gasteiger partial charge in [-0.15, -0.1) is 0 Å². The van der Waals surface area contributed by atoms with Gasteiger partial charge in [0.05, 0.1) is 0 Å². The Bertz CT molecular complexity index is 86.2. The van der Waals surface area contributed by atoms with Crippen LogP contribution in [0.4, 0.5) is 0 Å². The second-order valence-corrected chi connectivity index (χ2v) is 2.90. The second-order valence-electron chi connectivity index (χ2n) is 2.90. The van der Waals surface area contributed by atoms with Gasteiger partial charge in [0, 0.05) is 6.04 Å². The summed E-state index contributed by atoms with van der Waals surface area (Å²) in [5, 5.41) is 0. The van der Waals surface area contributed by atoms with Crippen LogP contribution in [0.25, 0.3) is 0 Å². The molecule has 0 radical (unpaired) electrons. The Hall–Kier alpha value is -0.0400. The Morgan fingerprint density at radius 1 is 1.29 bits per heavy atom. The van der Waals surface area contributed by atoms with Gasteiger partial charge in [-0.3, -0.25) is 0 Å². The monoisotopic (exact) mass is 97.1 g/mol. The number of nitrogens with two attached hydrogens (primary N) is 1. The zero-order valence-electron chi connectivity index (χ0n) is 4.43. The predicted octanol–water partition coefficient (Wildman–Crippen LogP) is 0.744. The molecule has 0 aromatic rings. The molecular formula is C6H11N. The van der Waals surface area contributed by atoms with Crippen LogP contribution in [-0.4, -0.2) is 6.04 Å². The predicted molar refractivity (Wildman–Crippen MR) is 28.8 cm³/mol. The molecule has 1 heteroatoms. The van der Waals surface area contributed by atoms with Gasteiger partial charge in [-0.05, 0) is 31.1 Å². The molecule has 7 heavy (non-hydrogen) atoms. The summed E-state index contributed by atoms with van der Waals surface area (Å²) in [6.45, 7) is 0. The molecule has 2 N–H and O–H groups in total. The zero-order valence-corrected chi connectivity index (χ0v) is 4.43. The zero-order chi connectivity index (χ0) is 4.85. The van der Waals surface area contributed by atoms with Crippen LogP contribution >= 0.6 is 0 Å². The van der Waals surface area contributed by atoms with Gasteiger partial charge in [-0.1, -0.05) is 0 Å². The third-order valence-corrected chi connectivity index (χ3v) is 2.12. The minimum atomic E-state index is 0.604. The molecule has 1 unspecified atom stereocenters. The van der Waals surface area contributed by atoms with Crippen LogP contribution < -0.4 is 5.73 Å². The van der Waals surface area contributed by atoms with Crippen LogP contribution in [0.15, 0.2) is 0 Å². The van der Waals surface area contributed by atoms with Gasteiger partial charge >= 0.3 is 0 Å². The maximum absolute atomic E-state index is 5.61. The van der Waals surface area contributed by atoms with Gasteiger partial charge in [0.1, 0.15) is 0 Å². The lowest BCUT2D eigenvalue weighted by molar-refractivity contribution is 0.686. The highest BCUT2D eigenvalue weighted by Crippen LogP contribution is 2.48. The van der Waals surface area contributed by atoms with Crippen molar-refractivity contribution in [2.45, 2.75) is 25.3 Å². The first-order valence-corrected chi connectivity index (χ1v) is 3.13. The van der Waals surface area contributed by atoms with Crippen LogP contribution in [0.2, 0.25) is 0 Å². The lowest BCUT2D eigenvalue weighted by atomic mass is 10.3. The van der Waals surface area contributed by atoms with E-state index in [0.717, 1.165) is 11.8 Å². The lowest BCUT2D eigenvalue weighted by Crippen LogP contribution is -2.02. The number of hydrogen-bond acceptors (Lipinski definition) is 1. The van der Waals surface area contributed by atoms with E-state index < -0.39 is 0 Å². The first-order chi connectivity index (χ1) is 3.38. The van der Waals surface area contributed by atoms with Gasteiger partial charge in [0.2, 0.25) is 0 Å². The van der Waals surface area contributed by atoms with E-state index in [-0.39, 0.29) is 0 Å². The molecule has 0 heterocycles. The van der Waals surface area contributed by atoms with E-state index in [4.69, 9.17) is 5.73 Å². The third-order valence-electron chi connectivity index (χ3n) is 2.12. The Morgan fingerprint density at radius 2 is 1.86 bits per heavy atom. The van der Waals surface area contributed by atoms with Crippen LogP contribution in [0.3, 0.4) is 0 Å². The molecule has 0 spiro atoms. The Balaban J connectivity index is 1.88. The average molecular weight is 97.2 g/mol. The smallest absolute Gasteiger partial charge is 0.00737 e. The summed E-state index contributed by atoms with van der Waals surface area (Å²) in [5.41, 5.74) is 5.61. The minimum Gasteiger partial charge on any atom is -0.327 e. The number of rotatable bonds is 1. The summed E-state index contributed by atoms with van der Waals surface area (Å²) < 4.78 is 0. The van der Waals surface area contributed by atoms with Crippen molar-refractivity contribution in [3.63, 3.8) is 0 Å². The largest absolute Gasteiger partial charge is 0.327 e. The van der Waals surface area contributed by atoms with Gasteiger partial charge in [0.25, 0.3) is 0 Å². The van der Waals surface area contributed by atoms with Crippen molar-refractivity contribution >= 4 is 0 Å². The average Bonchev–Trinajstić information content (AvgIpc) is 2.23. The van der Waals surface area contributed by atoms with Crippen LogP contribution in [0, 0.1) is 11.8 Å². The van der Waals surface area contributed by atoms with Crippen molar-refractivity contribution < 1.29 is 0 Å². The summed E-state index contributed by atoms with van der Waals surface area (Å²) in [6, 6.07) is 0.604. The van der Waals surface area contributed by atoms with Crippen molar-refractivity contribution in [2.75, 3.05) is 0 Å². The molecule has 0 aromatic carbocycles. The van der Waals surface area contributed by atoms with Crippen molar-refractivity contribution in [2.24, 2.45) is 17.6 Å². The number of hydrogen-bond donors (Lipinski definition) is 1. The van der Waals surface area contributed by atoms with Gasteiger partial charge in [-0.25, -0.2) is 0 Å². The highest BCUT2D eigenvalue weighted by atomic mass is 14.8. The van der Waals surface area contributed by atoms with Crippen LogP contribution in [0.5, 0.6) is 0 Å². The van der Waals surface area contributed by atoms with Gasteiger partial charge < -0.3 is 5.73 Å². The second kappa shape index (κ2) is 1.03. The summed E-state index contributed by atoms with van der Waals surface area (Å²) in [7, 11) is 0. The first kappa shape index (κ1) is 3.90. The maximum Gasteiger partial charge on any atom is 0.00737 e. The normalized spacial score (nSPS) is 49.3. The van der Waals surface area contributed by atoms with E-state index >= 15 is 0 Å². The van der Waals surface area contributed by atoms with Crippen molar-refractivity contribution in [3.8, 4) is 0 Å². The molecule has 2 aliphatic rings. The molecule has 2 rings (SSSR count). The molecule has 0 aliphatic heterocycles. The van der Waals surface area contributed by atoms with E-state index in [9.17, 15) is 0 Å². The minimum absolute atomic E-state index is 0.604. The fourth-order valence-corrected chi connectivity index (χ4v) is 1.30. The SMILES string of the molecule is NC1C[C@H]1C1CC1. The molecule has 2 atom stereocenters. The standard InChI is InChI=1S/C6H11N/c7-6-3-5(6)4-1-2-4/h4-6H,1-3,7H2/t5-,6?/m0/s1. The molecule has 2 saturated carbocycles. The molecule has 0 bridgehead atoms. The van der Waals surface area contributed by atoms with E-state index in [1.807, 2.05) is 0 Å². The fourth-order valence-electron chi connectivity index (χ4n) is 1.30. The van der Waals surface area contributed by atoms with E-state index in [2.05, 4.69) is 0 Å². The summed E-state index contributed by atoms with van der Waals surface area (Å²) in [5.74, 6) is 2.02. The van der Waals surface area contributed by atoms with E-state index in [1.54, 1.807) is 0 Å². The molecule has 40 valence electrons. The lowest BCUT2D eigenvalue weighted by Gasteiger charge is -1.83. The topological polar surface area (TPSA) is 26.0 Å². The quantitative estimate of drug-likeness (QED) is 0.513. The molecule has 0 aromatic heterocycles. The Kier molecular flexibility index (Phi) is 0.571. The molecule has 1 nitrogen and oxygen atoms in total. The summed E-state index contributed by atoms with van der Waals surface area (Å²) in [4.78, 5) is 0. The summed E-state index contributed by atoms with van der Waals surface area (Å²) >= 11 is 0. The van der Waals surface area contributed by atoms with Gasteiger partial charge in [-0.2, -0.15) is 0 Å². The molecule has 0 saturated heterocycles. The Morgan fingerprint density at radius 3 is 2.00 bits per heavy atom. The van der Waals surface area contributed by atoms with Gasteiger partial charge in [0.15, 0.2) is 0 Å². The van der Waals surface area contributed by atoms with E-state index in [0.29, 0.717) is 6.04 Å². The third kappa shape index (κ3) is 0.556. The summed E-state index contributed by atoms with van der Waals surface area (Å²) in [6.07, 6.45) is 4.27. The molecule has 2 fully saturated rings. The molecular weight excluding hydrogens is 86.1 g/mol. The van der Waals surface area contributed by atoms with Crippen molar-refractivity contribution in [3.05, 3.63) is 0 Å². The highest BCUT2D eigenvalue weighted by molar-refractivity contribution is 4.99. The van der Waals surface area contributed by atoms with Crippen LogP contribution in [-0.2, 0) is 0 Å². The Labute approximate surface area is 43.9 Å².